The molecule has 1 aliphatic rings. The van der Waals surface area contributed by atoms with E-state index in [1.165, 1.54) is 25.0 Å². The summed E-state index contributed by atoms with van der Waals surface area (Å²) < 4.78 is 2.32. The second-order valence-corrected chi connectivity index (χ2v) is 6.01. The molecule has 90 valence electrons. The second kappa shape index (κ2) is 4.58. The van der Waals surface area contributed by atoms with Crippen molar-refractivity contribution in [2.24, 2.45) is 5.41 Å². The quantitative estimate of drug-likeness (QED) is 0.775. The SMILES string of the molecule is CC(C)(C)CCNCc1cncn1C1CC1. The smallest absolute Gasteiger partial charge is 0.0951 e. The van der Waals surface area contributed by atoms with E-state index >= 15 is 0 Å². The zero-order valence-corrected chi connectivity index (χ0v) is 10.7. The van der Waals surface area contributed by atoms with Crippen LogP contribution in [-0.4, -0.2) is 16.1 Å². The molecule has 2 rings (SSSR count). The summed E-state index contributed by atoms with van der Waals surface area (Å²) in [5, 5.41) is 3.51. The van der Waals surface area contributed by atoms with Crippen LogP contribution in [0.5, 0.6) is 0 Å². The molecule has 0 unspecified atom stereocenters. The molecule has 1 N–H and O–H groups in total. The maximum atomic E-state index is 4.23. The van der Waals surface area contributed by atoms with Crippen LogP contribution in [0.3, 0.4) is 0 Å². The Balaban J connectivity index is 1.74. The molecule has 1 heterocycles. The van der Waals surface area contributed by atoms with Gasteiger partial charge >= 0.3 is 0 Å². The van der Waals surface area contributed by atoms with Crippen LogP contribution in [0.4, 0.5) is 0 Å². The average molecular weight is 221 g/mol. The average Bonchev–Trinajstić information content (AvgIpc) is 2.92. The Hall–Kier alpha value is -0.830. The van der Waals surface area contributed by atoms with Crippen LogP contribution in [-0.2, 0) is 6.54 Å². The fourth-order valence-corrected chi connectivity index (χ4v) is 1.83. The minimum Gasteiger partial charge on any atom is -0.330 e. The fourth-order valence-electron chi connectivity index (χ4n) is 1.83. The van der Waals surface area contributed by atoms with Crippen molar-refractivity contribution in [1.29, 1.82) is 0 Å². The lowest BCUT2D eigenvalue weighted by Gasteiger charge is -2.18. The van der Waals surface area contributed by atoms with Crippen LogP contribution >= 0.6 is 0 Å². The minimum atomic E-state index is 0.420. The van der Waals surface area contributed by atoms with Gasteiger partial charge in [0.15, 0.2) is 0 Å². The van der Waals surface area contributed by atoms with Gasteiger partial charge < -0.3 is 9.88 Å². The number of hydrogen-bond acceptors (Lipinski definition) is 2. The first-order valence-electron chi connectivity index (χ1n) is 6.28. The number of nitrogens with one attached hydrogen (secondary N) is 1. The third kappa shape index (κ3) is 3.34. The summed E-state index contributed by atoms with van der Waals surface area (Å²) in [7, 11) is 0. The first kappa shape index (κ1) is 11.6. The summed E-state index contributed by atoms with van der Waals surface area (Å²) in [6.07, 6.45) is 7.82. The Kier molecular flexibility index (Phi) is 3.33. The lowest BCUT2D eigenvalue weighted by atomic mass is 9.92. The van der Waals surface area contributed by atoms with Gasteiger partial charge in [-0.05, 0) is 31.2 Å². The van der Waals surface area contributed by atoms with Gasteiger partial charge in [0.1, 0.15) is 0 Å². The molecule has 1 saturated carbocycles. The van der Waals surface area contributed by atoms with Crippen molar-refractivity contribution in [3.05, 3.63) is 18.2 Å². The summed E-state index contributed by atoms with van der Waals surface area (Å²) in [5.74, 6) is 0. The third-order valence-corrected chi connectivity index (χ3v) is 3.04. The van der Waals surface area contributed by atoms with Crippen LogP contribution in [0.15, 0.2) is 12.5 Å². The highest BCUT2D eigenvalue weighted by Gasteiger charge is 2.24. The number of rotatable bonds is 5. The Morgan fingerprint density at radius 1 is 1.44 bits per heavy atom. The zero-order chi connectivity index (χ0) is 11.6. The minimum absolute atomic E-state index is 0.420. The molecular formula is C13H23N3. The van der Waals surface area contributed by atoms with Gasteiger partial charge in [-0.15, -0.1) is 0 Å². The Morgan fingerprint density at radius 3 is 2.81 bits per heavy atom. The molecule has 1 aromatic rings. The summed E-state index contributed by atoms with van der Waals surface area (Å²) in [6, 6.07) is 0.738. The molecule has 0 aromatic carbocycles. The molecule has 0 aliphatic heterocycles. The fraction of sp³-hybridized carbons (Fsp3) is 0.769. The van der Waals surface area contributed by atoms with E-state index in [0.29, 0.717) is 5.41 Å². The highest BCUT2D eigenvalue weighted by molar-refractivity contribution is 5.03. The van der Waals surface area contributed by atoms with Crippen molar-refractivity contribution in [3.63, 3.8) is 0 Å². The lowest BCUT2D eigenvalue weighted by molar-refractivity contribution is 0.365. The molecule has 0 radical (unpaired) electrons. The molecule has 0 amide bonds. The van der Waals surface area contributed by atoms with Gasteiger partial charge in [-0.1, -0.05) is 20.8 Å². The molecule has 0 bridgehead atoms. The number of hydrogen-bond donors (Lipinski definition) is 1. The van der Waals surface area contributed by atoms with Crippen molar-refractivity contribution < 1.29 is 0 Å². The summed E-state index contributed by atoms with van der Waals surface area (Å²) >= 11 is 0. The van der Waals surface area contributed by atoms with Crippen LogP contribution in [0, 0.1) is 5.41 Å². The molecule has 1 aromatic heterocycles. The van der Waals surface area contributed by atoms with Crippen molar-refractivity contribution in [1.82, 2.24) is 14.9 Å². The van der Waals surface area contributed by atoms with Crippen molar-refractivity contribution in [2.45, 2.75) is 52.6 Å². The summed E-state index contributed by atoms with van der Waals surface area (Å²) in [6.45, 7) is 8.88. The molecule has 0 saturated heterocycles. The predicted octanol–water partition coefficient (Wildman–Crippen LogP) is 2.74. The van der Waals surface area contributed by atoms with Crippen molar-refractivity contribution >= 4 is 0 Å². The topological polar surface area (TPSA) is 29.9 Å². The van der Waals surface area contributed by atoms with E-state index < -0.39 is 0 Å². The summed E-state index contributed by atoms with van der Waals surface area (Å²) in [5.41, 5.74) is 1.75. The Morgan fingerprint density at radius 2 is 2.19 bits per heavy atom. The van der Waals surface area contributed by atoms with Gasteiger partial charge in [0, 0.05) is 18.8 Å². The normalized spacial score (nSPS) is 16.7. The van der Waals surface area contributed by atoms with Gasteiger partial charge in [0.2, 0.25) is 0 Å². The number of imidazole rings is 1. The van der Waals surface area contributed by atoms with Crippen molar-refractivity contribution in [2.75, 3.05) is 6.54 Å². The van der Waals surface area contributed by atoms with Crippen molar-refractivity contribution in [3.8, 4) is 0 Å². The van der Waals surface area contributed by atoms with Crippen LogP contribution in [0.1, 0.15) is 51.8 Å². The standard InChI is InChI=1S/C13H23N3/c1-13(2,3)6-7-14-8-12-9-15-10-16(12)11-4-5-11/h9-11,14H,4-8H2,1-3H3. The van der Waals surface area contributed by atoms with Gasteiger partial charge in [-0.3, -0.25) is 0 Å². The third-order valence-electron chi connectivity index (χ3n) is 3.04. The van der Waals surface area contributed by atoms with E-state index in [-0.39, 0.29) is 0 Å². The highest BCUT2D eigenvalue weighted by Crippen LogP contribution is 2.35. The number of aromatic nitrogens is 2. The zero-order valence-electron chi connectivity index (χ0n) is 10.7. The molecule has 0 spiro atoms. The monoisotopic (exact) mass is 221 g/mol. The van der Waals surface area contributed by atoms with Crippen LogP contribution in [0.2, 0.25) is 0 Å². The molecule has 3 heteroatoms. The van der Waals surface area contributed by atoms with E-state index in [1.807, 2.05) is 12.5 Å². The van der Waals surface area contributed by atoms with Crippen LogP contribution in [0.25, 0.3) is 0 Å². The predicted molar refractivity (Wildman–Crippen MR) is 66.3 cm³/mol. The Labute approximate surface area is 98.3 Å². The van der Waals surface area contributed by atoms with Crippen LogP contribution < -0.4 is 5.32 Å². The maximum Gasteiger partial charge on any atom is 0.0951 e. The van der Waals surface area contributed by atoms with E-state index in [4.69, 9.17) is 0 Å². The highest BCUT2D eigenvalue weighted by atomic mass is 15.1. The molecule has 0 atom stereocenters. The second-order valence-electron chi connectivity index (χ2n) is 6.01. The maximum absolute atomic E-state index is 4.23. The first-order chi connectivity index (χ1) is 7.56. The summed E-state index contributed by atoms with van der Waals surface area (Å²) in [4.78, 5) is 4.23. The van der Waals surface area contributed by atoms with E-state index in [2.05, 4.69) is 35.6 Å². The molecule has 1 fully saturated rings. The molecule has 1 aliphatic carbocycles. The first-order valence-corrected chi connectivity index (χ1v) is 6.28. The van der Waals surface area contributed by atoms with Gasteiger partial charge in [-0.2, -0.15) is 0 Å². The Bertz CT molecular complexity index is 331. The number of nitrogens with zero attached hydrogens (tertiary/aromatic N) is 2. The largest absolute Gasteiger partial charge is 0.330 e. The molecule has 3 nitrogen and oxygen atoms in total. The van der Waals surface area contributed by atoms with E-state index in [9.17, 15) is 0 Å². The van der Waals surface area contributed by atoms with Gasteiger partial charge in [-0.25, -0.2) is 4.98 Å². The van der Waals surface area contributed by atoms with Gasteiger partial charge in [0.25, 0.3) is 0 Å². The lowest BCUT2D eigenvalue weighted by Crippen LogP contribution is -2.21. The van der Waals surface area contributed by atoms with Gasteiger partial charge in [0.05, 0.1) is 12.0 Å². The molecule has 16 heavy (non-hydrogen) atoms. The van der Waals surface area contributed by atoms with E-state index in [0.717, 1.165) is 19.1 Å². The van der Waals surface area contributed by atoms with E-state index in [1.54, 1.807) is 0 Å². The molecular weight excluding hydrogens is 198 g/mol.